The summed E-state index contributed by atoms with van der Waals surface area (Å²) in [5, 5.41) is 3.55. The molecular formula is C15H25NO. The maximum atomic E-state index is 5.52. The molecule has 0 heterocycles. The molecular weight excluding hydrogens is 210 g/mol. The Hall–Kier alpha value is -0.860. The molecule has 0 saturated carbocycles. The van der Waals surface area contributed by atoms with Crippen molar-refractivity contribution in [2.75, 3.05) is 19.8 Å². The topological polar surface area (TPSA) is 21.3 Å². The molecule has 1 N–H and O–H groups in total. The van der Waals surface area contributed by atoms with Crippen molar-refractivity contribution in [3.63, 3.8) is 0 Å². The zero-order chi connectivity index (χ0) is 12.3. The van der Waals surface area contributed by atoms with E-state index in [0.717, 1.165) is 32.6 Å². The fourth-order valence-corrected chi connectivity index (χ4v) is 1.84. The number of ether oxygens (including phenoxy) is 1. The van der Waals surface area contributed by atoms with Crippen LogP contribution in [0.2, 0.25) is 0 Å². The average molecular weight is 235 g/mol. The fourth-order valence-electron chi connectivity index (χ4n) is 1.84. The molecule has 1 unspecified atom stereocenters. The number of benzene rings is 1. The maximum absolute atomic E-state index is 5.52. The predicted octanol–water partition coefficient (Wildman–Crippen LogP) is 3.02. The van der Waals surface area contributed by atoms with E-state index in [4.69, 9.17) is 4.74 Å². The van der Waals surface area contributed by atoms with Gasteiger partial charge in [-0.15, -0.1) is 0 Å². The highest BCUT2D eigenvalue weighted by atomic mass is 16.5. The second-order valence-corrected chi connectivity index (χ2v) is 4.33. The molecule has 2 heteroatoms. The largest absolute Gasteiger partial charge is 0.380 e. The van der Waals surface area contributed by atoms with E-state index in [0.29, 0.717) is 6.04 Å². The van der Waals surface area contributed by atoms with Gasteiger partial charge in [0, 0.05) is 12.6 Å². The summed E-state index contributed by atoms with van der Waals surface area (Å²) in [5.41, 5.74) is 1.41. The summed E-state index contributed by atoms with van der Waals surface area (Å²) < 4.78 is 5.52. The maximum Gasteiger partial charge on any atom is 0.0619 e. The fraction of sp³-hybridized carbons (Fsp3) is 0.600. The summed E-state index contributed by atoms with van der Waals surface area (Å²) in [7, 11) is 0. The highest BCUT2D eigenvalue weighted by Gasteiger charge is 2.07. The molecule has 1 aromatic rings. The van der Waals surface area contributed by atoms with Gasteiger partial charge in [0.25, 0.3) is 0 Å². The van der Waals surface area contributed by atoms with E-state index in [1.54, 1.807) is 0 Å². The average Bonchev–Trinajstić information content (AvgIpc) is 2.39. The molecule has 1 aromatic carbocycles. The van der Waals surface area contributed by atoms with Crippen molar-refractivity contribution in [2.45, 2.75) is 39.2 Å². The van der Waals surface area contributed by atoms with E-state index in [2.05, 4.69) is 42.6 Å². The van der Waals surface area contributed by atoms with E-state index in [9.17, 15) is 0 Å². The SMILES string of the molecule is CCCNC(CCc1ccccc1)COCC. The van der Waals surface area contributed by atoms with Crippen molar-refractivity contribution in [2.24, 2.45) is 0 Å². The lowest BCUT2D eigenvalue weighted by molar-refractivity contribution is 0.120. The van der Waals surface area contributed by atoms with Crippen LogP contribution in [0.3, 0.4) is 0 Å². The van der Waals surface area contributed by atoms with Crippen LogP contribution in [0.25, 0.3) is 0 Å². The van der Waals surface area contributed by atoms with Gasteiger partial charge in [0.2, 0.25) is 0 Å². The Morgan fingerprint density at radius 2 is 1.94 bits per heavy atom. The van der Waals surface area contributed by atoms with E-state index in [1.807, 2.05) is 6.92 Å². The Morgan fingerprint density at radius 3 is 2.59 bits per heavy atom. The molecule has 0 aliphatic rings. The molecule has 0 radical (unpaired) electrons. The Morgan fingerprint density at radius 1 is 1.18 bits per heavy atom. The molecule has 0 bridgehead atoms. The van der Waals surface area contributed by atoms with Crippen LogP contribution in [-0.4, -0.2) is 25.8 Å². The lowest BCUT2D eigenvalue weighted by Gasteiger charge is -2.18. The molecule has 0 aliphatic carbocycles. The summed E-state index contributed by atoms with van der Waals surface area (Å²) in [6, 6.07) is 11.1. The van der Waals surface area contributed by atoms with Crippen LogP contribution < -0.4 is 5.32 Å². The highest BCUT2D eigenvalue weighted by Crippen LogP contribution is 2.05. The standard InChI is InChI=1S/C15H25NO/c1-3-12-16-15(13-17-4-2)11-10-14-8-6-5-7-9-14/h5-9,15-16H,3-4,10-13H2,1-2H3. The van der Waals surface area contributed by atoms with Gasteiger partial charge in [-0.25, -0.2) is 0 Å². The third-order valence-corrected chi connectivity index (χ3v) is 2.83. The first-order valence-electron chi connectivity index (χ1n) is 6.71. The molecule has 1 atom stereocenters. The summed E-state index contributed by atoms with van der Waals surface area (Å²) in [6.07, 6.45) is 3.44. The first-order valence-corrected chi connectivity index (χ1v) is 6.71. The van der Waals surface area contributed by atoms with Gasteiger partial charge in [-0.2, -0.15) is 0 Å². The number of aryl methyl sites for hydroxylation is 1. The van der Waals surface area contributed by atoms with Crippen molar-refractivity contribution in [3.05, 3.63) is 35.9 Å². The van der Waals surface area contributed by atoms with Crippen molar-refractivity contribution in [1.82, 2.24) is 5.32 Å². The summed E-state index contributed by atoms with van der Waals surface area (Å²) >= 11 is 0. The van der Waals surface area contributed by atoms with Crippen molar-refractivity contribution >= 4 is 0 Å². The van der Waals surface area contributed by atoms with E-state index in [1.165, 1.54) is 12.0 Å². The molecule has 0 fully saturated rings. The molecule has 0 aliphatic heterocycles. The van der Waals surface area contributed by atoms with Crippen LogP contribution in [0.15, 0.2) is 30.3 Å². The third-order valence-electron chi connectivity index (χ3n) is 2.83. The zero-order valence-corrected chi connectivity index (χ0v) is 11.1. The quantitative estimate of drug-likeness (QED) is 0.710. The molecule has 0 saturated heterocycles. The Labute approximate surface area is 105 Å². The Balaban J connectivity index is 2.31. The number of nitrogens with one attached hydrogen (secondary N) is 1. The monoisotopic (exact) mass is 235 g/mol. The van der Waals surface area contributed by atoms with Gasteiger partial charge in [-0.3, -0.25) is 0 Å². The molecule has 96 valence electrons. The van der Waals surface area contributed by atoms with Crippen molar-refractivity contribution in [3.8, 4) is 0 Å². The van der Waals surface area contributed by atoms with Crippen LogP contribution in [0, 0.1) is 0 Å². The Kier molecular flexibility index (Phi) is 7.69. The van der Waals surface area contributed by atoms with Gasteiger partial charge >= 0.3 is 0 Å². The molecule has 17 heavy (non-hydrogen) atoms. The summed E-state index contributed by atoms with van der Waals surface area (Å²) in [4.78, 5) is 0. The van der Waals surface area contributed by atoms with Crippen LogP contribution in [0.5, 0.6) is 0 Å². The van der Waals surface area contributed by atoms with Gasteiger partial charge in [0.15, 0.2) is 0 Å². The minimum Gasteiger partial charge on any atom is -0.380 e. The van der Waals surface area contributed by atoms with Crippen molar-refractivity contribution < 1.29 is 4.74 Å². The zero-order valence-electron chi connectivity index (χ0n) is 11.1. The van der Waals surface area contributed by atoms with Gasteiger partial charge in [-0.05, 0) is 38.3 Å². The minimum atomic E-state index is 0.482. The van der Waals surface area contributed by atoms with Crippen LogP contribution >= 0.6 is 0 Å². The lowest BCUT2D eigenvalue weighted by Crippen LogP contribution is -2.34. The van der Waals surface area contributed by atoms with Crippen LogP contribution in [0.1, 0.15) is 32.3 Å². The van der Waals surface area contributed by atoms with E-state index < -0.39 is 0 Å². The van der Waals surface area contributed by atoms with Crippen LogP contribution in [-0.2, 0) is 11.2 Å². The van der Waals surface area contributed by atoms with Gasteiger partial charge < -0.3 is 10.1 Å². The first-order chi connectivity index (χ1) is 8.36. The molecule has 2 nitrogen and oxygen atoms in total. The molecule has 1 rings (SSSR count). The summed E-state index contributed by atoms with van der Waals surface area (Å²) in [6.45, 7) is 6.95. The second-order valence-electron chi connectivity index (χ2n) is 4.33. The van der Waals surface area contributed by atoms with Gasteiger partial charge in [-0.1, -0.05) is 37.3 Å². The number of hydrogen-bond donors (Lipinski definition) is 1. The number of hydrogen-bond acceptors (Lipinski definition) is 2. The normalized spacial score (nSPS) is 12.6. The van der Waals surface area contributed by atoms with Gasteiger partial charge in [0.1, 0.15) is 0 Å². The molecule has 0 aromatic heterocycles. The minimum absolute atomic E-state index is 0.482. The highest BCUT2D eigenvalue weighted by molar-refractivity contribution is 5.14. The van der Waals surface area contributed by atoms with E-state index in [-0.39, 0.29) is 0 Å². The van der Waals surface area contributed by atoms with E-state index >= 15 is 0 Å². The van der Waals surface area contributed by atoms with Gasteiger partial charge in [0.05, 0.1) is 6.61 Å². The molecule has 0 spiro atoms. The lowest BCUT2D eigenvalue weighted by atomic mass is 10.1. The number of rotatable bonds is 9. The smallest absolute Gasteiger partial charge is 0.0619 e. The first kappa shape index (κ1) is 14.2. The summed E-state index contributed by atoms with van der Waals surface area (Å²) in [5.74, 6) is 0. The predicted molar refractivity (Wildman–Crippen MR) is 73.3 cm³/mol. The third kappa shape index (κ3) is 6.44. The van der Waals surface area contributed by atoms with Crippen molar-refractivity contribution in [1.29, 1.82) is 0 Å². The van der Waals surface area contributed by atoms with Crippen LogP contribution in [0.4, 0.5) is 0 Å². The molecule has 0 amide bonds. The second kappa shape index (κ2) is 9.20. The Bertz CT molecular complexity index is 266.